The quantitative estimate of drug-likeness (QED) is 0.310. The normalized spacial score (nSPS) is 16.6. The molecule has 1 aromatic rings. The summed E-state index contributed by atoms with van der Waals surface area (Å²) >= 11 is 0. The van der Waals surface area contributed by atoms with Gasteiger partial charge in [0.15, 0.2) is 5.96 Å². The number of guanidine groups is 1. The van der Waals surface area contributed by atoms with Crippen molar-refractivity contribution < 1.29 is 13.2 Å². The molecular formula is C20H33F3IN5. The Bertz CT molecular complexity index is 590. The number of piperidine rings is 1. The minimum absolute atomic E-state index is 0. The molecule has 1 aliphatic rings. The zero-order valence-electron chi connectivity index (χ0n) is 17.2. The third-order valence-corrected chi connectivity index (χ3v) is 4.72. The van der Waals surface area contributed by atoms with E-state index in [1.807, 2.05) is 13.0 Å². The summed E-state index contributed by atoms with van der Waals surface area (Å²) in [6.07, 6.45) is -2.13. The Morgan fingerprint density at radius 2 is 1.86 bits per heavy atom. The van der Waals surface area contributed by atoms with Gasteiger partial charge in [0.2, 0.25) is 0 Å². The molecule has 0 saturated carbocycles. The molecule has 1 heterocycles. The molecule has 0 radical (unpaired) electrons. The van der Waals surface area contributed by atoms with Gasteiger partial charge in [-0.3, -0.25) is 14.8 Å². The summed E-state index contributed by atoms with van der Waals surface area (Å²) in [4.78, 5) is 8.13. The number of likely N-dealkylation sites (N-methyl/N-ethyl adjacent to an activating group) is 1. The maximum Gasteiger partial charge on any atom is 0.401 e. The van der Waals surface area contributed by atoms with Crippen LogP contribution in [0.3, 0.4) is 0 Å². The third-order valence-electron chi connectivity index (χ3n) is 4.72. The zero-order valence-corrected chi connectivity index (χ0v) is 19.5. The van der Waals surface area contributed by atoms with Gasteiger partial charge in [-0.05, 0) is 32.4 Å². The first kappa shape index (κ1) is 26.0. The predicted octanol–water partition coefficient (Wildman–Crippen LogP) is 3.32. The highest BCUT2D eigenvalue weighted by Gasteiger charge is 2.28. The Morgan fingerprint density at radius 3 is 2.45 bits per heavy atom. The molecule has 166 valence electrons. The predicted molar refractivity (Wildman–Crippen MR) is 123 cm³/mol. The van der Waals surface area contributed by atoms with E-state index in [1.54, 1.807) is 0 Å². The van der Waals surface area contributed by atoms with Crippen molar-refractivity contribution in [3.63, 3.8) is 0 Å². The number of nitrogens with one attached hydrogen (secondary N) is 2. The SMILES string of the molecule is CCNC(=NCCN(C)CC(F)(F)F)NC1CCN(Cc2ccccc2)CC1.I. The van der Waals surface area contributed by atoms with Crippen molar-refractivity contribution in [2.24, 2.45) is 4.99 Å². The number of aliphatic imine (C=N–C) groups is 1. The second kappa shape index (κ2) is 13.3. The minimum atomic E-state index is -4.17. The van der Waals surface area contributed by atoms with Gasteiger partial charge in [0.25, 0.3) is 0 Å². The minimum Gasteiger partial charge on any atom is -0.357 e. The monoisotopic (exact) mass is 527 g/mol. The molecular weight excluding hydrogens is 494 g/mol. The fraction of sp³-hybridized carbons (Fsp3) is 0.650. The van der Waals surface area contributed by atoms with Crippen LogP contribution in [0.4, 0.5) is 13.2 Å². The van der Waals surface area contributed by atoms with Gasteiger partial charge in [0, 0.05) is 38.8 Å². The Hall–Kier alpha value is -1.07. The van der Waals surface area contributed by atoms with E-state index in [1.165, 1.54) is 17.5 Å². The van der Waals surface area contributed by atoms with Crippen molar-refractivity contribution in [1.82, 2.24) is 20.4 Å². The summed E-state index contributed by atoms with van der Waals surface area (Å²) in [5.41, 5.74) is 1.33. The number of likely N-dealkylation sites (tertiary alicyclic amines) is 1. The van der Waals surface area contributed by atoms with Crippen LogP contribution in [0.1, 0.15) is 25.3 Å². The maximum absolute atomic E-state index is 12.4. The first-order chi connectivity index (χ1) is 13.4. The lowest BCUT2D eigenvalue weighted by molar-refractivity contribution is -0.142. The van der Waals surface area contributed by atoms with Gasteiger partial charge in [-0.1, -0.05) is 30.3 Å². The molecule has 0 aliphatic carbocycles. The standard InChI is InChI=1S/C20H32F3N5.HI/c1-3-24-19(25-11-14-27(2)16-20(21,22)23)26-18-9-12-28(13-10-18)15-17-7-5-4-6-8-17;/h4-8,18H,3,9-16H2,1-2H3,(H2,24,25,26);1H. The van der Waals surface area contributed by atoms with Gasteiger partial charge in [0.05, 0.1) is 13.1 Å². The zero-order chi connectivity index (χ0) is 20.4. The van der Waals surface area contributed by atoms with E-state index in [0.29, 0.717) is 18.5 Å². The number of benzene rings is 1. The second-order valence-corrected chi connectivity index (χ2v) is 7.29. The molecule has 5 nitrogen and oxygen atoms in total. The molecule has 9 heteroatoms. The van der Waals surface area contributed by atoms with Crippen LogP contribution in [0.2, 0.25) is 0 Å². The summed E-state index contributed by atoms with van der Waals surface area (Å²) in [5, 5.41) is 6.62. The fourth-order valence-electron chi connectivity index (χ4n) is 3.31. The lowest BCUT2D eigenvalue weighted by Gasteiger charge is -2.33. The number of hydrogen-bond donors (Lipinski definition) is 2. The first-order valence-corrected chi connectivity index (χ1v) is 9.92. The van der Waals surface area contributed by atoms with Crippen LogP contribution in [0.15, 0.2) is 35.3 Å². The maximum atomic E-state index is 12.4. The lowest BCUT2D eigenvalue weighted by atomic mass is 10.0. The smallest absolute Gasteiger partial charge is 0.357 e. The molecule has 1 aliphatic heterocycles. The number of hydrogen-bond acceptors (Lipinski definition) is 3. The molecule has 2 rings (SSSR count). The van der Waals surface area contributed by atoms with Crippen LogP contribution in [0.5, 0.6) is 0 Å². The average molecular weight is 527 g/mol. The molecule has 29 heavy (non-hydrogen) atoms. The molecule has 1 aromatic carbocycles. The number of alkyl halides is 3. The van der Waals surface area contributed by atoms with Crippen molar-refractivity contribution in [2.45, 2.75) is 38.5 Å². The van der Waals surface area contributed by atoms with Crippen LogP contribution < -0.4 is 10.6 Å². The fourth-order valence-corrected chi connectivity index (χ4v) is 3.31. The van der Waals surface area contributed by atoms with E-state index in [4.69, 9.17) is 0 Å². The highest BCUT2D eigenvalue weighted by atomic mass is 127. The molecule has 0 atom stereocenters. The van der Waals surface area contributed by atoms with Gasteiger partial charge < -0.3 is 10.6 Å². The summed E-state index contributed by atoms with van der Waals surface area (Å²) in [5.74, 6) is 0.685. The second-order valence-electron chi connectivity index (χ2n) is 7.29. The molecule has 0 aromatic heterocycles. The molecule has 2 N–H and O–H groups in total. The van der Waals surface area contributed by atoms with Crippen LogP contribution in [-0.2, 0) is 6.54 Å². The highest BCUT2D eigenvalue weighted by Crippen LogP contribution is 2.15. The lowest BCUT2D eigenvalue weighted by Crippen LogP contribution is -2.48. The Labute approximate surface area is 189 Å². The van der Waals surface area contributed by atoms with E-state index in [2.05, 4.69) is 44.8 Å². The van der Waals surface area contributed by atoms with Crippen LogP contribution >= 0.6 is 24.0 Å². The van der Waals surface area contributed by atoms with E-state index in [9.17, 15) is 13.2 Å². The van der Waals surface area contributed by atoms with Crippen molar-refractivity contribution in [2.75, 3.05) is 46.3 Å². The molecule has 0 spiro atoms. The van der Waals surface area contributed by atoms with Gasteiger partial charge in [0.1, 0.15) is 0 Å². The Morgan fingerprint density at radius 1 is 1.21 bits per heavy atom. The number of rotatable bonds is 8. The van der Waals surface area contributed by atoms with E-state index in [0.717, 1.165) is 39.0 Å². The topological polar surface area (TPSA) is 42.9 Å². The molecule has 0 unspecified atom stereocenters. The van der Waals surface area contributed by atoms with E-state index < -0.39 is 12.7 Å². The summed E-state index contributed by atoms with van der Waals surface area (Å²) in [6.45, 7) is 5.38. The van der Waals surface area contributed by atoms with Gasteiger partial charge in [-0.25, -0.2) is 0 Å². The van der Waals surface area contributed by atoms with Gasteiger partial charge in [-0.15, -0.1) is 24.0 Å². The van der Waals surface area contributed by atoms with E-state index >= 15 is 0 Å². The number of halogens is 4. The van der Waals surface area contributed by atoms with Crippen LogP contribution in [-0.4, -0.2) is 74.3 Å². The summed E-state index contributed by atoms with van der Waals surface area (Å²) < 4.78 is 37.2. The molecule has 0 bridgehead atoms. The van der Waals surface area contributed by atoms with Gasteiger partial charge >= 0.3 is 6.18 Å². The summed E-state index contributed by atoms with van der Waals surface area (Å²) in [7, 11) is 1.46. The highest BCUT2D eigenvalue weighted by molar-refractivity contribution is 14.0. The summed E-state index contributed by atoms with van der Waals surface area (Å²) in [6, 6.07) is 10.8. The van der Waals surface area contributed by atoms with Crippen molar-refractivity contribution in [3.8, 4) is 0 Å². The van der Waals surface area contributed by atoms with Crippen molar-refractivity contribution >= 4 is 29.9 Å². The van der Waals surface area contributed by atoms with Crippen LogP contribution in [0.25, 0.3) is 0 Å². The van der Waals surface area contributed by atoms with Crippen molar-refractivity contribution in [1.29, 1.82) is 0 Å². The third kappa shape index (κ3) is 11.0. The Balaban J connectivity index is 0.00000420. The number of nitrogens with zero attached hydrogens (tertiary/aromatic N) is 3. The molecule has 1 fully saturated rings. The van der Waals surface area contributed by atoms with Crippen LogP contribution in [0, 0.1) is 0 Å². The Kier molecular flexibility index (Phi) is 11.9. The first-order valence-electron chi connectivity index (χ1n) is 9.92. The average Bonchev–Trinajstić information content (AvgIpc) is 2.63. The van der Waals surface area contributed by atoms with E-state index in [-0.39, 0.29) is 30.5 Å². The van der Waals surface area contributed by atoms with Gasteiger partial charge in [-0.2, -0.15) is 13.2 Å². The molecule has 1 saturated heterocycles. The van der Waals surface area contributed by atoms with Crippen molar-refractivity contribution in [3.05, 3.63) is 35.9 Å². The largest absolute Gasteiger partial charge is 0.401 e. The molecule has 0 amide bonds.